The van der Waals surface area contributed by atoms with Crippen molar-refractivity contribution in [3.8, 4) is 0 Å². The zero-order chi connectivity index (χ0) is 4.41. The molecule has 3 heteroatoms. The van der Waals surface area contributed by atoms with Crippen molar-refractivity contribution >= 4 is 34.0 Å². The van der Waals surface area contributed by atoms with Gasteiger partial charge in [-0.3, -0.25) is 6.08 Å². The summed E-state index contributed by atoms with van der Waals surface area (Å²) >= 11 is 0. The molecule has 0 aromatic rings. The number of hydrogen-bond acceptors (Lipinski definition) is 0. The van der Waals surface area contributed by atoms with E-state index < -0.39 is 0 Å². The molecule has 0 aromatic heterocycles. The molecule has 0 N–H and O–H groups in total. The first-order chi connectivity index (χ1) is 2.89. The average molecular weight is 433 g/mol. The number of allylic oxidation sites excluding steroid dienone is 4. The Morgan fingerprint density at radius 3 is 2.11 bits per heavy atom. The van der Waals surface area contributed by atoms with Gasteiger partial charge in [0.15, 0.2) is 0 Å². The SMILES string of the molecule is Br.Br.CC1=[C-]CC=C1.[Ir]. The first-order valence-electron chi connectivity index (χ1n) is 2.13. The van der Waals surface area contributed by atoms with Gasteiger partial charge in [-0.15, -0.1) is 40.4 Å². The maximum absolute atomic E-state index is 3.12. The molecule has 0 amide bonds. The largest absolute Gasteiger partial charge is 0.270 e. The van der Waals surface area contributed by atoms with Crippen molar-refractivity contribution in [1.82, 2.24) is 0 Å². The summed E-state index contributed by atoms with van der Waals surface area (Å²) in [5.74, 6) is 0. The number of rotatable bonds is 0. The van der Waals surface area contributed by atoms with Crippen LogP contribution in [0.25, 0.3) is 0 Å². The van der Waals surface area contributed by atoms with Crippen LogP contribution in [-0.2, 0) is 20.1 Å². The zero-order valence-corrected chi connectivity index (χ0v) is 10.8. The Morgan fingerprint density at radius 1 is 1.44 bits per heavy atom. The summed E-state index contributed by atoms with van der Waals surface area (Å²) in [6, 6.07) is 0. The van der Waals surface area contributed by atoms with E-state index in [2.05, 4.69) is 25.2 Å². The summed E-state index contributed by atoms with van der Waals surface area (Å²) in [6.07, 6.45) is 8.33. The second kappa shape index (κ2) is 9.09. The molecular weight excluding hydrogens is 424 g/mol. The third kappa shape index (κ3) is 6.98. The summed E-state index contributed by atoms with van der Waals surface area (Å²) < 4.78 is 0. The van der Waals surface area contributed by atoms with E-state index in [-0.39, 0.29) is 54.1 Å². The summed E-state index contributed by atoms with van der Waals surface area (Å²) in [4.78, 5) is 0. The second-order valence-electron chi connectivity index (χ2n) is 1.47. The molecule has 0 unspecified atom stereocenters. The standard InChI is InChI=1S/C6H7.2BrH.Ir/c1-6-4-2-3-5-6;;;/h2,4H,3H2,1H3;2*1H;/q-1;;;. The van der Waals surface area contributed by atoms with Crippen LogP contribution in [0.3, 0.4) is 0 Å². The molecule has 9 heavy (non-hydrogen) atoms. The van der Waals surface area contributed by atoms with Gasteiger partial charge in [-0.1, -0.05) is 6.92 Å². The fourth-order valence-corrected chi connectivity index (χ4v) is 0.515. The quantitative estimate of drug-likeness (QED) is 0.516. The number of hydrogen-bond donors (Lipinski definition) is 0. The van der Waals surface area contributed by atoms with Gasteiger partial charge in [-0.2, -0.15) is 6.08 Å². The molecule has 0 fully saturated rings. The van der Waals surface area contributed by atoms with Gasteiger partial charge in [-0.05, 0) is 0 Å². The molecule has 0 saturated carbocycles. The molecule has 0 aromatic carbocycles. The zero-order valence-electron chi connectivity index (χ0n) is 5.01. The molecule has 0 spiro atoms. The van der Waals surface area contributed by atoms with Crippen molar-refractivity contribution in [3.63, 3.8) is 0 Å². The van der Waals surface area contributed by atoms with Gasteiger partial charge in [0.05, 0.1) is 0 Å². The maximum atomic E-state index is 3.12. The Balaban J connectivity index is -0.000000120. The van der Waals surface area contributed by atoms with E-state index in [0.717, 1.165) is 6.42 Å². The van der Waals surface area contributed by atoms with E-state index in [1.165, 1.54) is 5.57 Å². The van der Waals surface area contributed by atoms with E-state index in [1.54, 1.807) is 0 Å². The molecule has 0 bridgehead atoms. The van der Waals surface area contributed by atoms with Crippen molar-refractivity contribution < 1.29 is 20.1 Å². The molecule has 0 aliphatic heterocycles. The fourth-order valence-electron chi connectivity index (χ4n) is 0.515. The van der Waals surface area contributed by atoms with Crippen LogP contribution >= 0.6 is 34.0 Å². The first kappa shape index (κ1) is 16.6. The molecule has 0 nitrogen and oxygen atoms in total. The normalized spacial score (nSPS) is 12.3. The summed E-state index contributed by atoms with van der Waals surface area (Å²) in [7, 11) is 0. The summed E-state index contributed by atoms with van der Waals surface area (Å²) in [5.41, 5.74) is 1.27. The van der Waals surface area contributed by atoms with Gasteiger partial charge >= 0.3 is 0 Å². The van der Waals surface area contributed by atoms with Gasteiger partial charge in [0.2, 0.25) is 0 Å². The molecular formula is C6H9Br2Ir-. The van der Waals surface area contributed by atoms with Gasteiger partial charge in [0.1, 0.15) is 0 Å². The van der Waals surface area contributed by atoms with Gasteiger partial charge < -0.3 is 0 Å². The van der Waals surface area contributed by atoms with Crippen LogP contribution < -0.4 is 0 Å². The molecule has 0 saturated heterocycles. The van der Waals surface area contributed by atoms with E-state index in [0.29, 0.717) is 0 Å². The molecule has 1 rings (SSSR count). The third-order valence-corrected chi connectivity index (χ3v) is 0.867. The summed E-state index contributed by atoms with van der Waals surface area (Å²) in [5, 5.41) is 0. The molecule has 1 aliphatic rings. The van der Waals surface area contributed by atoms with Crippen molar-refractivity contribution in [3.05, 3.63) is 23.8 Å². The predicted molar refractivity (Wildman–Crippen MR) is 46.8 cm³/mol. The van der Waals surface area contributed by atoms with Crippen molar-refractivity contribution in [2.24, 2.45) is 0 Å². The predicted octanol–water partition coefficient (Wildman–Crippen LogP) is 2.85. The molecule has 0 heterocycles. The molecule has 1 aliphatic carbocycles. The fraction of sp³-hybridized carbons (Fsp3) is 0.333. The Morgan fingerprint density at radius 2 is 2.00 bits per heavy atom. The van der Waals surface area contributed by atoms with E-state index in [1.807, 2.05) is 0 Å². The van der Waals surface area contributed by atoms with Crippen LogP contribution in [0, 0.1) is 6.08 Å². The minimum atomic E-state index is 0. The minimum absolute atomic E-state index is 0. The van der Waals surface area contributed by atoms with Gasteiger partial charge in [0.25, 0.3) is 0 Å². The summed E-state index contributed by atoms with van der Waals surface area (Å²) in [6.45, 7) is 2.06. The second-order valence-corrected chi connectivity index (χ2v) is 1.47. The molecule has 0 atom stereocenters. The monoisotopic (exact) mass is 432 g/mol. The van der Waals surface area contributed by atoms with E-state index in [4.69, 9.17) is 0 Å². The molecule has 57 valence electrons. The van der Waals surface area contributed by atoms with Crippen LogP contribution in [0.1, 0.15) is 13.3 Å². The topological polar surface area (TPSA) is 0 Å². The van der Waals surface area contributed by atoms with E-state index in [9.17, 15) is 0 Å². The van der Waals surface area contributed by atoms with Crippen LogP contribution in [-0.4, -0.2) is 0 Å². The van der Waals surface area contributed by atoms with Gasteiger partial charge in [-0.25, -0.2) is 11.6 Å². The van der Waals surface area contributed by atoms with Crippen molar-refractivity contribution in [2.45, 2.75) is 13.3 Å². The van der Waals surface area contributed by atoms with Crippen LogP contribution in [0.2, 0.25) is 0 Å². The van der Waals surface area contributed by atoms with Gasteiger partial charge in [0, 0.05) is 20.1 Å². The Bertz CT molecular complexity index is 105. The van der Waals surface area contributed by atoms with Crippen molar-refractivity contribution in [2.75, 3.05) is 0 Å². The van der Waals surface area contributed by atoms with Crippen LogP contribution in [0.5, 0.6) is 0 Å². The van der Waals surface area contributed by atoms with Crippen LogP contribution in [0.15, 0.2) is 17.7 Å². The molecule has 1 radical (unpaired) electrons. The van der Waals surface area contributed by atoms with E-state index >= 15 is 0 Å². The Hall–Kier alpha value is 1.09. The van der Waals surface area contributed by atoms with Crippen molar-refractivity contribution in [1.29, 1.82) is 0 Å². The third-order valence-electron chi connectivity index (χ3n) is 0.867. The Labute approximate surface area is 90.7 Å². The minimum Gasteiger partial charge on any atom is -0.270 e. The average Bonchev–Trinajstić information content (AvgIpc) is 1.86. The smallest absolute Gasteiger partial charge is 0 e. The number of halogens is 2. The Kier molecular flexibility index (Phi) is 16.7. The first-order valence-corrected chi connectivity index (χ1v) is 2.13. The van der Waals surface area contributed by atoms with Crippen LogP contribution in [0.4, 0.5) is 0 Å². The maximum Gasteiger partial charge on any atom is 0 e.